The minimum atomic E-state index is -0.497. The molecule has 0 saturated heterocycles. The molecule has 0 aliphatic heterocycles. The summed E-state index contributed by atoms with van der Waals surface area (Å²) in [5, 5.41) is 7.28. The standard InChI is InChI=1S/C13H13N3O3S2/c1-3-19-12(18)10-7-21-13(15-10)16-11(17)5-4-9-6-20-8(2)14-9/h4-7H,3H2,1-2H3,(H,15,16,17)/b5-4+. The second-order valence-electron chi connectivity index (χ2n) is 3.87. The van der Waals surface area contributed by atoms with Gasteiger partial charge in [0.15, 0.2) is 10.8 Å². The molecule has 0 fully saturated rings. The molecular formula is C13H13N3O3S2. The first-order valence-corrected chi connectivity index (χ1v) is 7.88. The van der Waals surface area contributed by atoms with Crippen molar-refractivity contribution in [3.05, 3.63) is 33.2 Å². The van der Waals surface area contributed by atoms with Gasteiger partial charge in [-0.3, -0.25) is 10.1 Å². The summed E-state index contributed by atoms with van der Waals surface area (Å²) in [6.45, 7) is 3.90. The largest absolute Gasteiger partial charge is 0.461 e. The quantitative estimate of drug-likeness (QED) is 0.676. The molecule has 110 valence electrons. The molecule has 2 rings (SSSR count). The van der Waals surface area contributed by atoms with E-state index in [4.69, 9.17) is 4.74 Å². The van der Waals surface area contributed by atoms with Crippen molar-refractivity contribution in [3.63, 3.8) is 0 Å². The minimum absolute atomic E-state index is 0.191. The second-order valence-corrected chi connectivity index (χ2v) is 5.79. The molecule has 0 bridgehead atoms. The number of anilines is 1. The highest BCUT2D eigenvalue weighted by atomic mass is 32.1. The van der Waals surface area contributed by atoms with Gasteiger partial charge in [0.2, 0.25) is 5.91 Å². The van der Waals surface area contributed by atoms with E-state index in [2.05, 4.69) is 15.3 Å². The molecule has 1 N–H and O–H groups in total. The summed E-state index contributed by atoms with van der Waals surface area (Å²) in [6.07, 6.45) is 3.00. The van der Waals surface area contributed by atoms with Gasteiger partial charge >= 0.3 is 5.97 Å². The molecule has 0 aliphatic rings. The summed E-state index contributed by atoms with van der Waals surface area (Å²) in [7, 11) is 0. The zero-order valence-electron chi connectivity index (χ0n) is 11.5. The predicted octanol–water partition coefficient (Wildman–Crippen LogP) is 2.74. The molecule has 0 saturated carbocycles. The van der Waals surface area contributed by atoms with Crippen molar-refractivity contribution in [1.29, 1.82) is 0 Å². The third-order valence-electron chi connectivity index (χ3n) is 2.26. The number of thiazole rings is 2. The number of amides is 1. The Morgan fingerprint density at radius 3 is 2.81 bits per heavy atom. The van der Waals surface area contributed by atoms with E-state index in [0.29, 0.717) is 5.13 Å². The van der Waals surface area contributed by atoms with Gasteiger partial charge in [0.1, 0.15) is 0 Å². The average Bonchev–Trinajstić information content (AvgIpc) is 3.06. The van der Waals surface area contributed by atoms with Gasteiger partial charge in [0.05, 0.1) is 17.3 Å². The molecule has 0 aromatic carbocycles. The Bertz CT molecular complexity index is 676. The van der Waals surface area contributed by atoms with Crippen LogP contribution in [0.1, 0.15) is 28.1 Å². The Balaban J connectivity index is 1.94. The van der Waals surface area contributed by atoms with Crippen molar-refractivity contribution in [2.75, 3.05) is 11.9 Å². The van der Waals surface area contributed by atoms with Gasteiger partial charge in [-0.2, -0.15) is 0 Å². The minimum Gasteiger partial charge on any atom is -0.461 e. The third kappa shape index (κ3) is 4.47. The monoisotopic (exact) mass is 323 g/mol. The van der Waals surface area contributed by atoms with Crippen molar-refractivity contribution in [2.45, 2.75) is 13.8 Å². The van der Waals surface area contributed by atoms with E-state index in [-0.39, 0.29) is 18.2 Å². The number of carbonyl (C=O) groups is 2. The Morgan fingerprint density at radius 2 is 2.14 bits per heavy atom. The van der Waals surface area contributed by atoms with E-state index >= 15 is 0 Å². The number of hydrogen-bond acceptors (Lipinski definition) is 7. The molecule has 2 aromatic heterocycles. The molecule has 21 heavy (non-hydrogen) atoms. The lowest BCUT2D eigenvalue weighted by Gasteiger charge is -1.97. The number of hydrogen-bond donors (Lipinski definition) is 1. The maximum atomic E-state index is 11.7. The van der Waals surface area contributed by atoms with Gasteiger partial charge in [0, 0.05) is 16.8 Å². The zero-order chi connectivity index (χ0) is 15.2. The number of nitrogens with one attached hydrogen (secondary N) is 1. The van der Waals surface area contributed by atoms with E-state index in [1.54, 1.807) is 18.4 Å². The fourth-order valence-corrected chi connectivity index (χ4v) is 2.66. The molecule has 0 aliphatic carbocycles. The highest BCUT2D eigenvalue weighted by Crippen LogP contribution is 2.16. The number of nitrogens with zero attached hydrogens (tertiary/aromatic N) is 2. The van der Waals surface area contributed by atoms with Gasteiger partial charge in [-0.25, -0.2) is 14.8 Å². The maximum Gasteiger partial charge on any atom is 0.357 e. The Kier molecular flexibility index (Phi) is 5.18. The number of carbonyl (C=O) groups excluding carboxylic acids is 2. The molecule has 6 nitrogen and oxygen atoms in total. The van der Waals surface area contributed by atoms with E-state index in [0.717, 1.165) is 10.7 Å². The molecule has 0 radical (unpaired) electrons. The number of rotatable bonds is 5. The number of esters is 1. The van der Waals surface area contributed by atoms with Gasteiger partial charge in [-0.15, -0.1) is 22.7 Å². The van der Waals surface area contributed by atoms with Crippen molar-refractivity contribution in [1.82, 2.24) is 9.97 Å². The normalized spacial score (nSPS) is 10.8. The smallest absolute Gasteiger partial charge is 0.357 e. The van der Waals surface area contributed by atoms with Crippen LogP contribution in [0.3, 0.4) is 0 Å². The lowest BCUT2D eigenvalue weighted by Crippen LogP contribution is -2.09. The topological polar surface area (TPSA) is 81.2 Å². The zero-order valence-corrected chi connectivity index (χ0v) is 13.1. The van der Waals surface area contributed by atoms with Crippen molar-refractivity contribution >= 4 is 45.8 Å². The second kappa shape index (κ2) is 7.09. The van der Waals surface area contributed by atoms with Crippen LogP contribution in [0.25, 0.3) is 6.08 Å². The van der Waals surface area contributed by atoms with Crippen LogP contribution >= 0.6 is 22.7 Å². The van der Waals surface area contributed by atoms with E-state index < -0.39 is 5.97 Å². The summed E-state index contributed by atoms with van der Waals surface area (Å²) < 4.78 is 4.83. The van der Waals surface area contributed by atoms with Crippen LogP contribution in [0.5, 0.6) is 0 Å². The summed E-state index contributed by atoms with van der Waals surface area (Å²) in [5.74, 6) is -0.826. The molecule has 1 amide bonds. The van der Waals surface area contributed by atoms with Crippen molar-refractivity contribution in [2.24, 2.45) is 0 Å². The molecule has 2 aromatic rings. The molecule has 0 atom stereocenters. The predicted molar refractivity (Wildman–Crippen MR) is 82.6 cm³/mol. The average molecular weight is 323 g/mol. The van der Waals surface area contributed by atoms with Gasteiger partial charge in [0.25, 0.3) is 0 Å². The van der Waals surface area contributed by atoms with Crippen LogP contribution in [-0.2, 0) is 9.53 Å². The lowest BCUT2D eigenvalue weighted by molar-refractivity contribution is -0.111. The summed E-state index contributed by atoms with van der Waals surface area (Å²) in [4.78, 5) is 31.4. The number of aryl methyl sites for hydroxylation is 1. The first-order chi connectivity index (χ1) is 10.1. The summed E-state index contributed by atoms with van der Waals surface area (Å²) in [6, 6.07) is 0. The summed E-state index contributed by atoms with van der Waals surface area (Å²) >= 11 is 2.68. The third-order valence-corrected chi connectivity index (χ3v) is 3.81. The lowest BCUT2D eigenvalue weighted by atomic mass is 10.4. The van der Waals surface area contributed by atoms with Crippen molar-refractivity contribution in [3.8, 4) is 0 Å². The number of ether oxygens (including phenoxy) is 1. The van der Waals surface area contributed by atoms with Crippen LogP contribution in [0.2, 0.25) is 0 Å². The van der Waals surface area contributed by atoms with Crippen LogP contribution in [0.15, 0.2) is 16.8 Å². The van der Waals surface area contributed by atoms with E-state index in [1.165, 1.54) is 28.7 Å². The van der Waals surface area contributed by atoms with Gasteiger partial charge < -0.3 is 4.74 Å². The molecular weight excluding hydrogens is 310 g/mol. The Labute approximate surface area is 129 Å². The number of aromatic nitrogens is 2. The highest BCUT2D eigenvalue weighted by molar-refractivity contribution is 7.14. The molecule has 8 heteroatoms. The van der Waals surface area contributed by atoms with Crippen LogP contribution in [-0.4, -0.2) is 28.5 Å². The van der Waals surface area contributed by atoms with Crippen LogP contribution < -0.4 is 5.32 Å². The SMILES string of the molecule is CCOC(=O)c1csc(NC(=O)/C=C/c2csc(C)n2)n1. The first-order valence-electron chi connectivity index (χ1n) is 6.12. The highest BCUT2D eigenvalue weighted by Gasteiger charge is 2.12. The molecule has 0 spiro atoms. The van der Waals surface area contributed by atoms with Crippen LogP contribution in [0.4, 0.5) is 5.13 Å². The fourth-order valence-electron chi connectivity index (χ4n) is 1.39. The Morgan fingerprint density at radius 1 is 1.33 bits per heavy atom. The first kappa shape index (κ1) is 15.3. The van der Waals surface area contributed by atoms with E-state index in [1.807, 2.05) is 12.3 Å². The van der Waals surface area contributed by atoms with Gasteiger partial charge in [-0.05, 0) is 19.9 Å². The Hall–Kier alpha value is -2.06. The summed E-state index contributed by atoms with van der Waals surface area (Å²) in [5.41, 5.74) is 0.926. The molecule has 0 unspecified atom stereocenters. The fraction of sp³-hybridized carbons (Fsp3) is 0.231. The molecule has 2 heterocycles. The van der Waals surface area contributed by atoms with E-state index in [9.17, 15) is 9.59 Å². The van der Waals surface area contributed by atoms with Gasteiger partial charge in [-0.1, -0.05) is 0 Å². The van der Waals surface area contributed by atoms with Crippen molar-refractivity contribution < 1.29 is 14.3 Å². The maximum absolute atomic E-state index is 11.7. The van der Waals surface area contributed by atoms with Crippen LogP contribution in [0, 0.1) is 6.92 Å².